The van der Waals surface area contributed by atoms with Gasteiger partial charge in [0, 0.05) is 19.5 Å². The fourth-order valence-electron chi connectivity index (χ4n) is 3.42. The van der Waals surface area contributed by atoms with Crippen LogP contribution in [0.15, 0.2) is 60.7 Å². The molecule has 2 aromatic carbocycles. The summed E-state index contributed by atoms with van der Waals surface area (Å²) in [6.07, 6.45) is 3.27. The predicted octanol–water partition coefficient (Wildman–Crippen LogP) is 4.62. The van der Waals surface area contributed by atoms with E-state index in [2.05, 4.69) is 29.2 Å². The quantitative estimate of drug-likeness (QED) is 0.795. The maximum atomic E-state index is 15.4. The fourth-order valence-corrected chi connectivity index (χ4v) is 3.42. The lowest BCUT2D eigenvalue weighted by Crippen LogP contribution is -2.39. The Kier molecular flexibility index (Phi) is 4.89. The summed E-state index contributed by atoms with van der Waals surface area (Å²) in [5.41, 5.74) is 1.27. The van der Waals surface area contributed by atoms with Crippen molar-refractivity contribution < 1.29 is 4.39 Å². The molecule has 0 aliphatic carbocycles. The number of hydrogen-bond donors (Lipinski definition) is 0. The van der Waals surface area contributed by atoms with Crippen LogP contribution in [-0.4, -0.2) is 23.7 Å². The van der Waals surface area contributed by atoms with E-state index in [0.29, 0.717) is 19.4 Å². The highest BCUT2D eigenvalue weighted by Gasteiger charge is 2.33. The fraction of sp³-hybridized carbons (Fsp3) is 0.400. The van der Waals surface area contributed by atoms with Crippen LogP contribution in [0.5, 0.6) is 0 Å². The van der Waals surface area contributed by atoms with E-state index in [1.807, 2.05) is 36.4 Å². The van der Waals surface area contributed by atoms with Crippen molar-refractivity contribution >= 4 is 0 Å². The SMILES string of the molecule is F[C@@]1(Cc2ccccc2)CCCCN(Cc2ccccc2)C1. The Morgan fingerprint density at radius 3 is 2.18 bits per heavy atom. The lowest BCUT2D eigenvalue weighted by molar-refractivity contribution is 0.0965. The van der Waals surface area contributed by atoms with Gasteiger partial charge in [-0.3, -0.25) is 4.90 Å². The average Bonchev–Trinajstić information content (AvgIpc) is 2.71. The first-order chi connectivity index (χ1) is 10.7. The van der Waals surface area contributed by atoms with Gasteiger partial charge in [-0.1, -0.05) is 60.7 Å². The minimum absolute atomic E-state index is 0.527. The molecular weight excluding hydrogens is 273 g/mol. The molecule has 1 atom stereocenters. The van der Waals surface area contributed by atoms with E-state index in [1.54, 1.807) is 0 Å². The van der Waals surface area contributed by atoms with Crippen LogP contribution in [0, 0.1) is 0 Å². The summed E-state index contributed by atoms with van der Waals surface area (Å²) in [6, 6.07) is 20.4. The van der Waals surface area contributed by atoms with E-state index < -0.39 is 5.67 Å². The Morgan fingerprint density at radius 2 is 1.50 bits per heavy atom. The second-order valence-corrected chi connectivity index (χ2v) is 6.47. The van der Waals surface area contributed by atoms with E-state index in [0.717, 1.165) is 31.5 Å². The summed E-state index contributed by atoms with van der Waals surface area (Å²) in [5, 5.41) is 0. The maximum Gasteiger partial charge on any atom is 0.127 e. The molecule has 116 valence electrons. The molecule has 2 aromatic rings. The molecule has 0 amide bonds. The Hall–Kier alpha value is -1.67. The minimum Gasteiger partial charge on any atom is -0.296 e. The second-order valence-electron chi connectivity index (χ2n) is 6.47. The zero-order chi connectivity index (χ0) is 15.3. The number of likely N-dealkylation sites (tertiary alicyclic amines) is 1. The largest absolute Gasteiger partial charge is 0.296 e. The number of hydrogen-bond acceptors (Lipinski definition) is 1. The van der Waals surface area contributed by atoms with Gasteiger partial charge in [0.2, 0.25) is 0 Å². The topological polar surface area (TPSA) is 3.24 Å². The summed E-state index contributed by atoms with van der Waals surface area (Å²) in [5.74, 6) is 0. The van der Waals surface area contributed by atoms with Gasteiger partial charge in [-0.15, -0.1) is 0 Å². The van der Waals surface area contributed by atoms with Crippen molar-refractivity contribution in [3.8, 4) is 0 Å². The van der Waals surface area contributed by atoms with Crippen molar-refractivity contribution in [1.29, 1.82) is 0 Å². The minimum atomic E-state index is -1.10. The van der Waals surface area contributed by atoms with Gasteiger partial charge < -0.3 is 0 Å². The summed E-state index contributed by atoms with van der Waals surface area (Å²) in [6.45, 7) is 2.38. The van der Waals surface area contributed by atoms with Crippen molar-refractivity contribution in [2.75, 3.05) is 13.1 Å². The van der Waals surface area contributed by atoms with Crippen LogP contribution in [0.1, 0.15) is 30.4 Å². The smallest absolute Gasteiger partial charge is 0.127 e. The lowest BCUT2D eigenvalue weighted by Gasteiger charge is -2.30. The van der Waals surface area contributed by atoms with E-state index >= 15 is 4.39 Å². The summed E-state index contributed by atoms with van der Waals surface area (Å²) in [7, 11) is 0. The summed E-state index contributed by atoms with van der Waals surface area (Å²) >= 11 is 0. The van der Waals surface area contributed by atoms with Gasteiger partial charge in [0.25, 0.3) is 0 Å². The Balaban J connectivity index is 1.69. The van der Waals surface area contributed by atoms with Crippen molar-refractivity contribution in [3.05, 3.63) is 71.8 Å². The third-order valence-electron chi connectivity index (χ3n) is 4.47. The molecule has 2 heteroatoms. The number of nitrogens with zero attached hydrogens (tertiary/aromatic N) is 1. The van der Waals surface area contributed by atoms with Crippen LogP contribution in [0.25, 0.3) is 0 Å². The first-order valence-corrected chi connectivity index (χ1v) is 8.23. The molecule has 1 aliphatic rings. The molecule has 1 saturated heterocycles. The molecule has 0 bridgehead atoms. The Labute approximate surface area is 132 Å². The van der Waals surface area contributed by atoms with Crippen LogP contribution in [0.4, 0.5) is 4.39 Å². The molecule has 0 N–H and O–H groups in total. The third-order valence-corrected chi connectivity index (χ3v) is 4.47. The first-order valence-electron chi connectivity index (χ1n) is 8.23. The van der Waals surface area contributed by atoms with E-state index in [-0.39, 0.29) is 0 Å². The molecule has 1 fully saturated rings. The number of halogens is 1. The molecule has 1 nitrogen and oxygen atoms in total. The molecule has 0 spiro atoms. The zero-order valence-electron chi connectivity index (χ0n) is 13.0. The van der Waals surface area contributed by atoms with Crippen LogP contribution < -0.4 is 0 Å². The molecule has 0 aromatic heterocycles. The van der Waals surface area contributed by atoms with Gasteiger partial charge in [0.15, 0.2) is 0 Å². The van der Waals surface area contributed by atoms with Crippen LogP contribution in [-0.2, 0) is 13.0 Å². The number of benzene rings is 2. The predicted molar refractivity (Wildman–Crippen MR) is 89.6 cm³/mol. The molecule has 0 radical (unpaired) electrons. The molecule has 0 unspecified atom stereocenters. The highest BCUT2D eigenvalue weighted by atomic mass is 19.1. The average molecular weight is 297 g/mol. The summed E-state index contributed by atoms with van der Waals surface area (Å²) < 4.78 is 15.4. The standard InChI is InChI=1S/C20H24FN/c21-20(15-18-9-3-1-4-10-18)13-7-8-14-22(17-20)16-19-11-5-2-6-12-19/h1-6,9-12H,7-8,13-17H2/t20-/m1/s1. The van der Waals surface area contributed by atoms with E-state index in [4.69, 9.17) is 0 Å². The van der Waals surface area contributed by atoms with Crippen molar-refractivity contribution in [3.63, 3.8) is 0 Å². The van der Waals surface area contributed by atoms with Gasteiger partial charge in [0.1, 0.15) is 5.67 Å². The monoisotopic (exact) mass is 297 g/mol. The molecular formula is C20H24FN. The second kappa shape index (κ2) is 7.06. The van der Waals surface area contributed by atoms with E-state index in [9.17, 15) is 0 Å². The van der Waals surface area contributed by atoms with Crippen LogP contribution in [0.2, 0.25) is 0 Å². The normalized spacial score (nSPS) is 23.1. The number of rotatable bonds is 4. The third kappa shape index (κ3) is 4.17. The van der Waals surface area contributed by atoms with Crippen LogP contribution in [0.3, 0.4) is 0 Å². The maximum absolute atomic E-state index is 15.4. The van der Waals surface area contributed by atoms with Crippen molar-refractivity contribution in [2.24, 2.45) is 0 Å². The lowest BCUT2D eigenvalue weighted by atomic mass is 9.91. The van der Waals surface area contributed by atoms with Gasteiger partial charge in [0.05, 0.1) is 0 Å². The van der Waals surface area contributed by atoms with Gasteiger partial charge in [-0.2, -0.15) is 0 Å². The molecule has 0 saturated carbocycles. The molecule has 22 heavy (non-hydrogen) atoms. The van der Waals surface area contributed by atoms with Crippen molar-refractivity contribution in [1.82, 2.24) is 4.90 Å². The summed E-state index contributed by atoms with van der Waals surface area (Å²) in [4.78, 5) is 2.28. The van der Waals surface area contributed by atoms with E-state index in [1.165, 1.54) is 5.56 Å². The Morgan fingerprint density at radius 1 is 0.864 bits per heavy atom. The van der Waals surface area contributed by atoms with Crippen LogP contribution >= 0.6 is 0 Å². The molecule has 1 aliphatic heterocycles. The van der Waals surface area contributed by atoms with Gasteiger partial charge >= 0.3 is 0 Å². The zero-order valence-corrected chi connectivity index (χ0v) is 13.0. The molecule has 1 heterocycles. The number of alkyl halides is 1. The highest BCUT2D eigenvalue weighted by molar-refractivity contribution is 5.18. The van der Waals surface area contributed by atoms with Crippen molar-refractivity contribution in [2.45, 2.75) is 37.9 Å². The highest BCUT2D eigenvalue weighted by Crippen LogP contribution is 2.29. The first kappa shape index (κ1) is 15.2. The Bertz CT molecular complexity index is 569. The molecule has 3 rings (SSSR count). The van der Waals surface area contributed by atoms with Gasteiger partial charge in [-0.25, -0.2) is 4.39 Å². The van der Waals surface area contributed by atoms with Gasteiger partial charge in [-0.05, 0) is 36.9 Å².